The molecule has 1 atom stereocenters. The second-order valence-electron chi connectivity index (χ2n) is 7.77. The highest BCUT2D eigenvalue weighted by Gasteiger charge is 2.17. The average molecular weight is 406 g/mol. The molecule has 152 valence electrons. The molecule has 4 heteroatoms. The number of para-hydroxylation sites is 1. The molecule has 3 aromatic rings. The van der Waals surface area contributed by atoms with Gasteiger partial charge < -0.3 is 9.30 Å². The van der Waals surface area contributed by atoms with Crippen LogP contribution in [0.3, 0.4) is 0 Å². The van der Waals surface area contributed by atoms with Gasteiger partial charge in [-0.05, 0) is 73.9 Å². The van der Waals surface area contributed by atoms with Crippen LogP contribution in [-0.2, 0) is 4.74 Å². The van der Waals surface area contributed by atoms with Gasteiger partial charge in [-0.1, -0.05) is 30.3 Å². The lowest BCUT2D eigenvalue weighted by molar-refractivity contribution is 0.133. The van der Waals surface area contributed by atoms with E-state index in [1.807, 2.05) is 31.2 Å². The van der Waals surface area contributed by atoms with Crippen LogP contribution >= 0.6 is 0 Å². The Bertz CT molecular complexity index is 1310. The molecule has 2 heterocycles. The summed E-state index contributed by atoms with van der Waals surface area (Å²) < 4.78 is 8.18. The number of fused-ring (bicyclic) bond motifs is 1. The monoisotopic (exact) mass is 405 g/mol. The highest BCUT2D eigenvalue weighted by molar-refractivity contribution is 5.89. The minimum absolute atomic E-state index is 0.0722. The molecule has 1 aliphatic heterocycles. The number of nitrogens with zero attached hydrogens (tertiary/aromatic N) is 3. The van der Waals surface area contributed by atoms with Crippen molar-refractivity contribution in [2.24, 2.45) is 0 Å². The Morgan fingerprint density at radius 2 is 1.97 bits per heavy atom. The number of allylic oxidation sites excluding steroid dienone is 3. The van der Waals surface area contributed by atoms with Crippen molar-refractivity contribution in [1.82, 2.24) is 4.57 Å². The Morgan fingerprint density at radius 1 is 1.19 bits per heavy atom. The molecule has 0 radical (unpaired) electrons. The fourth-order valence-electron chi connectivity index (χ4n) is 4.05. The molecule has 1 unspecified atom stereocenters. The minimum Gasteiger partial charge on any atom is -0.490 e. The summed E-state index contributed by atoms with van der Waals surface area (Å²) in [5, 5.41) is 10.4. The Balaban J connectivity index is 1.71. The lowest BCUT2D eigenvalue weighted by atomic mass is 10.0. The first-order chi connectivity index (χ1) is 15.0. The standard InChI is InChI=1S/C27H23N3O/c1-18-14-22(26(17-28)29-4)16-24(31-18)12-10-21-11-13-27-25(15-21)19(2)20(3)30(27)23-8-6-5-7-9-23/h5-13,15-16,18H,14H2,1-3H3/b12-10+,26-22-. The van der Waals surface area contributed by atoms with Crippen molar-refractivity contribution in [2.45, 2.75) is 33.3 Å². The van der Waals surface area contributed by atoms with E-state index in [2.05, 4.69) is 65.7 Å². The molecular weight excluding hydrogens is 382 g/mol. The Morgan fingerprint density at radius 3 is 2.68 bits per heavy atom. The van der Waals surface area contributed by atoms with Gasteiger partial charge in [0, 0.05) is 23.2 Å². The Kier molecular flexibility index (Phi) is 5.48. The van der Waals surface area contributed by atoms with E-state index in [-0.39, 0.29) is 11.8 Å². The molecule has 0 N–H and O–H groups in total. The van der Waals surface area contributed by atoms with Crippen molar-refractivity contribution in [1.29, 1.82) is 5.26 Å². The highest BCUT2D eigenvalue weighted by Crippen LogP contribution is 2.30. The molecule has 1 aliphatic rings. The zero-order valence-corrected chi connectivity index (χ0v) is 17.9. The first-order valence-corrected chi connectivity index (χ1v) is 10.3. The number of benzene rings is 2. The maximum Gasteiger partial charge on any atom is 0.265 e. The third-order valence-electron chi connectivity index (χ3n) is 5.68. The molecular formula is C27H23N3O. The van der Waals surface area contributed by atoms with Crippen molar-refractivity contribution < 1.29 is 4.74 Å². The number of aromatic nitrogens is 1. The van der Waals surface area contributed by atoms with Crippen LogP contribution in [0.25, 0.3) is 27.5 Å². The van der Waals surface area contributed by atoms with E-state index in [9.17, 15) is 5.26 Å². The van der Waals surface area contributed by atoms with Crippen molar-refractivity contribution >= 4 is 17.0 Å². The van der Waals surface area contributed by atoms with Gasteiger partial charge in [0.1, 0.15) is 5.76 Å². The maximum atomic E-state index is 9.18. The third kappa shape index (κ3) is 3.89. The second-order valence-corrected chi connectivity index (χ2v) is 7.77. The molecule has 0 aliphatic carbocycles. The SMILES string of the molecule is [C-]#[N+]/C(C#N)=C1C=C(/C=C/c2ccc3c(c2)c(C)c(C)n3-c2ccccc2)OC(C)C\1. The summed E-state index contributed by atoms with van der Waals surface area (Å²) in [6.45, 7) is 13.5. The summed E-state index contributed by atoms with van der Waals surface area (Å²) in [6, 6.07) is 18.8. The van der Waals surface area contributed by atoms with Gasteiger partial charge in [0.2, 0.25) is 0 Å². The fraction of sp³-hybridized carbons (Fsp3) is 0.185. The summed E-state index contributed by atoms with van der Waals surface area (Å²) in [6.07, 6.45) is 6.22. The van der Waals surface area contributed by atoms with E-state index in [1.165, 1.54) is 22.2 Å². The van der Waals surface area contributed by atoms with Crippen LogP contribution in [0.5, 0.6) is 0 Å². The van der Waals surface area contributed by atoms with Gasteiger partial charge in [-0.3, -0.25) is 0 Å². The number of aryl methyl sites for hydroxylation is 1. The molecule has 0 fully saturated rings. The Hall–Kier alpha value is -4.02. The molecule has 0 bridgehead atoms. The van der Waals surface area contributed by atoms with Crippen LogP contribution in [0, 0.1) is 31.8 Å². The predicted molar refractivity (Wildman–Crippen MR) is 124 cm³/mol. The van der Waals surface area contributed by atoms with Crippen LogP contribution in [0.1, 0.15) is 30.2 Å². The lowest BCUT2D eigenvalue weighted by Gasteiger charge is -2.22. The molecule has 0 amide bonds. The van der Waals surface area contributed by atoms with Crippen LogP contribution in [0.4, 0.5) is 0 Å². The van der Waals surface area contributed by atoms with Crippen LogP contribution < -0.4 is 0 Å². The van der Waals surface area contributed by atoms with Crippen LogP contribution in [-0.4, -0.2) is 10.7 Å². The summed E-state index contributed by atoms with van der Waals surface area (Å²) >= 11 is 0. The lowest BCUT2D eigenvalue weighted by Crippen LogP contribution is -2.13. The van der Waals surface area contributed by atoms with Crippen molar-refractivity contribution in [3.63, 3.8) is 0 Å². The number of rotatable bonds is 3. The molecule has 31 heavy (non-hydrogen) atoms. The summed E-state index contributed by atoms with van der Waals surface area (Å²) in [7, 11) is 0. The van der Waals surface area contributed by atoms with Gasteiger partial charge in [-0.25, -0.2) is 10.1 Å². The zero-order valence-electron chi connectivity index (χ0n) is 17.9. The number of nitriles is 1. The minimum atomic E-state index is -0.0722. The topological polar surface area (TPSA) is 42.3 Å². The van der Waals surface area contributed by atoms with E-state index in [0.717, 1.165) is 16.8 Å². The van der Waals surface area contributed by atoms with E-state index in [0.29, 0.717) is 12.2 Å². The van der Waals surface area contributed by atoms with Crippen molar-refractivity contribution in [3.8, 4) is 11.8 Å². The molecule has 2 aromatic carbocycles. The predicted octanol–water partition coefficient (Wildman–Crippen LogP) is 6.65. The van der Waals surface area contributed by atoms with Gasteiger partial charge >= 0.3 is 0 Å². The Labute approximate surface area is 182 Å². The smallest absolute Gasteiger partial charge is 0.265 e. The van der Waals surface area contributed by atoms with E-state index in [1.54, 1.807) is 6.08 Å². The summed E-state index contributed by atoms with van der Waals surface area (Å²) in [5.74, 6) is 0.667. The van der Waals surface area contributed by atoms with E-state index < -0.39 is 0 Å². The highest BCUT2D eigenvalue weighted by atomic mass is 16.5. The van der Waals surface area contributed by atoms with Crippen molar-refractivity contribution in [2.75, 3.05) is 0 Å². The summed E-state index contributed by atoms with van der Waals surface area (Å²) in [5.41, 5.74) is 6.77. The number of hydrogen-bond donors (Lipinski definition) is 0. The van der Waals surface area contributed by atoms with Gasteiger partial charge in [0.15, 0.2) is 0 Å². The van der Waals surface area contributed by atoms with Crippen molar-refractivity contribution in [3.05, 3.63) is 106 Å². The molecule has 0 saturated carbocycles. The normalized spacial score (nSPS) is 17.7. The van der Waals surface area contributed by atoms with E-state index >= 15 is 0 Å². The second kappa shape index (κ2) is 8.38. The van der Waals surface area contributed by atoms with Crippen LogP contribution in [0.15, 0.2) is 77.7 Å². The van der Waals surface area contributed by atoms with Crippen LogP contribution in [0.2, 0.25) is 0 Å². The van der Waals surface area contributed by atoms with Gasteiger partial charge in [0.05, 0.1) is 24.3 Å². The average Bonchev–Trinajstić information content (AvgIpc) is 3.03. The van der Waals surface area contributed by atoms with E-state index in [4.69, 9.17) is 11.3 Å². The number of ether oxygens (including phenoxy) is 1. The largest absolute Gasteiger partial charge is 0.490 e. The molecule has 4 rings (SSSR count). The fourth-order valence-corrected chi connectivity index (χ4v) is 4.05. The summed E-state index contributed by atoms with van der Waals surface area (Å²) in [4.78, 5) is 3.34. The third-order valence-corrected chi connectivity index (χ3v) is 5.68. The van der Waals surface area contributed by atoms with Gasteiger partial charge in [0.25, 0.3) is 5.70 Å². The molecule has 1 aromatic heterocycles. The zero-order chi connectivity index (χ0) is 22.0. The van der Waals surface area contributed by atoms with Gasteiger partial charge in [-0.2, -0.15) is 0 Å². The maximum absolute atomic E-state index is 9.18. The molecule has 0 saturated heterocycles. The first kappa shape index (κ1) is 20.3. The van der Waals surface area contributed by atoms with Gasteiger partial charge in [-0.15, -0.1) is 0 Å². The molecule has 0 spiro atoms. The first-order valence-electron chi connectivity index (χ1n) is 10.3. The quantitative estimate of drug-likeness (QED) is 0.362. The number of hydrogen-bond acceptors (Lipinski definition) is 2. The molecule has 4 nitrogen and oxygen atoms in total.